The van der Waals surface area contributed by atoms with Crippen LogP contribution in [0.2, 0.25) is 0 Å². The van der Waals surface area contributed by atoms with Gasteiger partial charge in [-0.3, -0.25) is 48.3 Å². The molecule has 8 amide bonds. The number of benzene rings is 3. The van der Waals surface area contributed by atoms with E-state index in [1.54, 1.807) is 18.6 Å². The lowest BCUT2D eigenvalue weighted by molar-refractivity contribution is -0.137. The summed E-state index contributed by atoms with van der Waals surface area (Å²) >= 11 is 0. The maximum atomic E-state index is 15.4. The lowest BCUT2D eigenvalue weighted by Crippen LogP contribution is -2.62. The fourth-order valence-corrected chi connectivity index (χ4v) is 11.1. The van der Waals surface area contributed by atoms with E-state index in [-0.39, 0.29) is 108 Å². The summed E-state index contributed by atoms with van der Waals surface area (Å²) in [5.41, 5.74) is 38.7. The van der Waals surface area contributed by atoms with Gasteiger partial charge in [0.1, 0.15) is 48.3 Å². The van der Waals surface area contributed by atoms with Crippen LogP contribution in [-0.4, -0.2) is 149 Å². The van der Waals surface area contributed by atoms with Gasteiger partial charge in [-0.25, -0.2) is 0 Å². The van der Waals surface area contributed by atoms with Crippen LogP contribution in [0.5, 0.6) is 0 Å². The minimum Gasteiger partial charge on any atom is -0.370 e. The number of nitrogens with zero attached hydrogens (tertiary/aromatic N) is 2. The standard InChI is InChI=1S/C63H89N19O8/c1-36(2)29-50-58(87)81-53(32-39-35-74-45-20-8-5-17-42(39)45)61(90)82-51(30-37-33-72-43-18-6-3-15-40(37)43)59(88)78-47(22-10-12-26-65)55(84)76-48(23-13-27-70-62(66)67)56(85)75-46(21-9-11-25-64)54(83)77-49(24-14-28-71-63(68)69)57(86)80-52(60(89)79-50)31-38-34-73-44-19-7-4-16-41(38)44/h3-8,15-20,33-36,46-53,72-74H,9-14,21-32,64-65H2,1-2H3,(H,75,85)(H,76,84)(H,77,83)(H,78,88)(H,79,89)(H,80,86)(H,81,87)(H,82,90)(H4,66,67,70)(H4,68,69,71)/t46-,47-,48-,49-,50-,51-,52-,53-/m0/s1. The Kier molecular flexibility index (Phi) is 25.5. The highest BCUT2D eigenvalue weighted by Crippen LogP contribution is 2.24. The van der Waals surface area contributed by atoms with Crippen LogP contribution in [-0.2, 0) is 57.6 Å². The molecule has 90 heavy (non-hydrogen) atoms. The smallest absolute Gasteiger partial charge is 0.243 e. The predicted octanol–water partition coefficient (Wildman–Crippen LogP) is 0.462. The molecule has 4 heterocycles. The van der Waals surface area contributed by atoms with Crippen LogP contribution in [0.15, 0.2) is 101 Å². The Labute approximate surface area is 522 Å². The van der Waals surface area contributed by atoms with Crippen LogP contribution < -0.4 is 76.9 Å². The Morgan fingerprint density at radius 3 is 0.944 bits per heavy atom. The number of nitrogens with two attached hydrogens (primary N) is 6. The number of para-hydroxylation sites is 3. The molecule has 1 aliphatic heterocycles. The number of hydrogen-bond donors (Lipinski definition) is 17. The third kappa shape index (κ3) is 19.8. The second-order valence-electron chi connectivity index (χ2n) is 23.3. The molecule has 7 rings (SSSR count). The number of carbonyl (C=O) groups is 8. The zero-order valence-corrected chi connectivity index (χ0v) is 51.2. The average molecular weight is 1240 g/mol. The highest BCUT2D eigenvalue weighted by molar-refractivity contribution is 6.00. The molecule has 0 spiro atoms. The van der Waals surface area contributed by atoms with Crippen molar-refractivity contribution in [3.63, 3.8) is 0 Å². The van der Waals surface area contributed by atoms with Gasteiger partial charge in [0.25, 0.3) is 0 Å². The van der Waals surface area contributed by atoms with Gasteiger partial charge >= 0.3 is 0 Å². The number of hydrogen-bond acceptors (Lipinski definition) is 12. The van der Waals surface area contributed by atoms with Gasteiger partial charge in [-0.05, 0) is 125 Å². The summed E-state index contributed by atoms with van der Waals surface area (Å²) in [4.78, 5) is 138. The second kappa shape index (κ2) is 33.7. The number of guanidine groups is 2. The van der Waals surface area contributed by atoms with Crippen LogP contribution >= 0.6 is 0 Å². The summed E-state index contributed by atoms with van der Waals surface area (Å²) in [7, 11) is 0. The molecule has 1 aliphatic rings. The van der Waals surface area contributed by atoms with Crippen molar-refractivity contribution in [1.82, 2.24) is 57.5 Å². The summed E-state index contributed by atoms with van der Waals surface area (Å²) in [6.07, 6.45) is 6.92. The molecule has 0 saturated carbocycles. The highest BCUT2D eigenvalue weighted by atomic mass is 16.2. The maximum Gasteiger partial charge on any atom is 0.243 e. The number of unbranched alkanes of at least 4 members (excludes halogenated alkanes) is 2. The molecule has 0 unspecified atom stereocenters. The van der Waals surface area contributed by atoms with Gasteiger partial charge in [0, 0.05) is 83.7 Å². The number of aliphatic imine (C=N–C) groups is 2. The predicted molar refractivity (Wildman–Crippen MR) is 347 cm³/mol. The third-order valence-corrected chi connectivity index (χ3v) is 15.9. The van der Waals surface area contributed by atoms with Crippen molar-refractivity contribution in [2.24, 2.45) is 50.3 Å². The number of aromatic amines is 3. The van der Waals surface area contributed by atoms with E-state index in [4.69, 9.17) is 34.4 Å². The number of carbonyl (C=O) groups excluding carboxylic acids is 8. The van der Waals surface area contributed by atoms with Crippen LogP contribution in [0, 0.1) is 5.92 Å². The van der Waals surface area contributed by atoms with Crippen molar-refractivity contribution < 1.29 is 38.4 Å². The number of fused-ring (bicyclic) bond motifs is 3. The second-order valence-corrected chi connectivity index (χ2v) is 23.3. The van der Waals surface area contributed by atoms with E-state index in [0.717, 1.165) is 32.7 Å². The van der Waals surface area contributed by atoms with Crippen molar-refractivity contribution in [3.05, 3.63) is 108 Å². The van der Waals surface area contributed by atoms with E-state index in [0.29, 0.717) is 42.4 Å². The average Bonchev–Trinajstić information content (AvgIpc) is 2.06. The van der Waals surface area contributed by atoms with Gasteiger partial charge in [-0.1, -0.05) is 68.4 Å². The van der Waals surface area contributed by atoms with Gasteiger partial charge in [0.05, 0.1) is 0 Å². The highest BCUT2D eigenvalue weighted by Gasteiger charge is 2.37. The molecule has 0 radical (unpaired) electrons. The van der Waals surface area contributed by atoms with Crippen molar-refractivity contribution in [2.45, 2.75) is 152 Å². The summed E-state index contributed by atoms with van der Waals surface area (Å²) in [5, 5.41) is 25.3. The lowest BCUT2D eigenvalue weighted by Gasteiger charge is -2.29. The van der Waals surface area contributed by atoms with Crippen molar-refractivity contribution in [3.8, 4) is 0 Å². The lowest BCUT2D eigenvalue weighted by atomic mass is 9.98. The van der Waals surface area contributed by atoms with Gasteiger partial charge in [0.2, 0.25) is 47.3 Å². The normalized spacial score (nSPS) is 21.3. The summed E-state index contributed by atoms with van der Waals surface area (Å²) in [6, 6.07) is 11.4. The molecule has 27 nitrogen and oxygen atoms in total. The number of amides is 8. The molecule has 27 heteroatoms. The largest absolute Gasteiger partial charge is 0.370 e. The molecule has 8 atom stereocenters. The Balaban J connectivity index is 1.35. The molecule has 23 N–H and O–H groups in total. The molecule has 3 aromatic carbocycles. The monoisotopic (exact) mass is 1240 g/mol. The van der Waals surface area contributed by atoms with E-state index < -0.39 is 95.6 Å². The van der Waals surface area contributed by atoms with Gasteiger partial charge < -0.3 is 91.9 Å². The van der Waals surface area contributed by atoms with Crippen molar-refractivity contribution >= 4 is 91.9 Å². The van der Waals surface area contributed by atoms with Gasteiger partial charge in [0.15, 0.2) is 11.9 Å². The van der Waals surface area contributed by atoms with Crippen molar-refractivity contribution in [2.75, 3.05) is 26.2 Å². The molecular weight excluding hydrogens is 1150 g/mol. The third-order valence-electron chi connectivity index (χ3n) is 15.9. The minimum atomic E-state index is -1.39. The number of aromatic nitrogens is 3. The maximum absolute atomic E-state index is 15.4. The van der Waals surface area contributed by atoms with Crippen LogP contribution in [0.3, 0.4) is 0 Å². The first kappa shape index (κ1) is 68.0. The molecule has 6 aromatic rings. The Hall–Kier alpha value is -9.50. The molecule has 1 fully saturated rings. The Morgan fingerprint density at radius 1 is 0.378 bits per heavy atom. The SMILES string of the molecule is CC(C)C[C@@H]1NC(=O)[C@H](Cc2c[nH]c3ccccc23)NC(=O)[C@H](CCCN=C(N)N)NC(=O)[C@H](CCCCN)NC(=O)[C@H](CCCN=C(N)N)NC(=O)[C@H](CCCCN)NC(=O)[C@H](Cc2c[nH]c3ccccc23)NC(=O)[C@H](Cc2c[nH]c3ccccc23)NC1=O. The quantitative estimate of drug-likeness (QED) is 0.0223. The van der Waals surface area contributed by atoms with Crippen LogP contribution in [0.1, 0.15) is 101 Å². The zero-order valence-electron chi connectivity index (χ0n) is 51.2. The molecule has 3 aromatic heterocycles. The van der Waals surface area contributed by atoms with Crippen LogP contribution in [0.4, 0.5) is 0 Å². The first-order chi connectivity index (χ1) is 43.3. The number of rotatable bonds is 24. The molecule has 1 saturated heterocycles. The van der Waals surface area contributed by atoms with Gasteiger partial charge in [-0.2, -0.15) is 0 Å². The molecule has 0 aliphatic carbocycles. The van der Waals surface area contributed by atoms with Gasteiger partial charge in [-0.15, -0.1) is 0 Å². The summed E-state index contributed by atoms with van der Waals surface area (Å²) in [5.74, 6) is -6.74. The van der Waals surface area contributed by atoms with E-state index in [9.17, 15) is 14.4 Å². The summed E-state index contributed by atoms with van der Waals surface area (Å²) in [6.45, 7) is 4.37. The topological polar surface area (TPSA) is 461 Å². The Morgan fingerprint density at radius 2 is 0.644 bits per heavy atom. The van der Waals surface area contributed by atoms with Crippen LogP contribution in [0.25, 0.3) is 32.7 Å². The van der Waals surface area contributed by atoms with E-state index in [2.05, 4.69) is 67.5 Å². The molecule has 484 valence electrons. The van der Waals surface area contributed by atoms with E-state index >= 15 is 24.0 Å². The molecular formula is C63H89N19O8. The number of nitrogens with one attached hydrogen (secondary N) is 11. The molecule has 0 bridgehead atoms. The van der Waals surface area contributed by atoms with Crippen molar-refractivity contribution in [1.29, 1.82) is 0 Å². The summed E-state index contributed by atoms with van der Waals surface area (Å²) < 4.78 is 0. The minimum absolute atomic E-state index is 0.0423. The zero-order chi connectivity index (χ0) is 64.7. The van der Waals surface area contributed by atoms with E-state index in [1.807, 2.05) is 86.6 Å². The first-order valence-electron chi connectivity index (χ1n) is 30.9. The number of H-pyrrole nitrogens is 3. The first-order valence-corrected chi connectivity index (χ1v) is 30.9. The van der Waals surface area contributed by atoms with E-state index in [1.165, 1.54) is 0 Å². The fraction of sp³-hybridized carbons (Fsp3) is 0.460. The Bertz CT molecular complexity index is 3470. The fourth-order valence-electron chi connectivity index (χ4n) is 11.1.